The van der Waals surface area contributed by atoms with Crippen LogP contribution in [0.15, 0.2) is 35.1 Å². The fourth-order valence-electron chi connectivity index (χ4n) is 4.15. The number of benzene rings is 2. The number of carbonyl (C=O) groups excluding carboxylic acids is 1. The zero-order valence-corrected chi connectivity index (χ0v) is 20.9. The molecule has 2 heterocycles. The van der Waals surface area contributed by atoms with Gasteiger partial charge in [-0.25, -0.2) is 9.37 Å². The summed E-state index contributed by atoms with van der Waals surface area (Å²) in [5.41, 5.74) is 2.10. The average molecular weight is 552 g/mol. The Morgan fingerprint density at radius 3 is 2.79 bits per heavy atom. The number of hydrogen-bond donors (Lipinski definition) is 0. The first-order valence-corrected chi connectivity index (χ1v) is 12.6. The van der Waals surface area contributed by atoms with Gasteiger partial charge in [-0.1, -0.05) is 33.6 Å². The van der Waals surface area contributed by atoms with E-state index < -0.39 is 5.82 Å². The number of imidazole rings is 1. The normalized spacial score (nSPS) is 16.6. The van der Waals surface area contributed by atoms with Gasteiger partial charge in [0, 0.05) is 40.0 Å². The fraction of sp³-hybridized carbons (Fsp3) is 0.440. The number of nitrogens with zero attached hydrogens (tertiary/aromatic N) is 2. The van der Waals surface area contributed by atoms with E-state index in [0.29, 0.717) is 54.8 Å². The lowest BCUT2D eigenvalue weighted by atomic mass is 9.95. The van der Waals surface area contributed by atoms with Gasteiger partial charge in [0.25, 0.3) is 0 Å². The number of hydrogen-bond acceptors (Lipinski definition) is 5. The van der Waals surface area contributed by atoms with Gasteiger partial charge in [-0.3, -0.25) is 4.79 Å². The van der Waals surface area contributed by atoms with Crippen LogP contribution in [0.25, 0.3) is 11.0 Å². The van der Waals surface area contributed by atoms with Gasteiger partial charge in [0.15, 0.2) is 17.9 Å². The van der Waals surface area contributed by atoms with E-state index in [0.717, 1.165) is 22.9 Å². The maximum atomic E-state index is 15.8. The van der Waals surface area contributed by atoms with Crippen LogP contribution in [0.1, 0.15) is 40.7 Å². The summed E-state index contributed by atoms with van der Waals surface area (Å²) in [7, 11) is 0. The molecule has 0 atom stereocenters. The maximum Gasteiger partial charge on any atom is 0.188 e. The molecule has 1 aliphatic heterocycles. The summed E-state index contributed by atoms with van der Waals surface area (Å²) in [6.45, 7) is 2.16. The molecule has 1 saturated carbocycles. The van der Waals surface area contributed by atoms with Crippen molar-refractivity contribution in [1.82, 2.24) is 9.55 Å². The lowest BCUT2D eigenvalue weighted by Gasteiger charge is -2.14. The highest BCUT2D eigenvalue weighted by Crippen LogP contribution is 2.31. The highest BCUT2D eigenvalue weighted by atomic mass is 79.9. The average Bonchev–Trinajstić information content (AvgIpc) is 3.31. The van der Waals surface area contributed by atoms with Crippen molar-refractivity contribution < 1.29 is 23.4 Å². The van der Waals surface area contributed by atoms with Crippen LogP contribution in [-0.4, -0.2) is 48.1 Å². The molecular formula is C25H25BrClFN2O4. The second-order valence-corrected chi connectivity index (χ2v) is 10.1. The van der Waals surface area contributed by atoms with Crippen molar-refractivity contribution in [2.45, 2.75) is 38.5 Å². The molecule has 2 aliphatic rings. The molecule has 6 nitrogen and oxygen atoms in total. The lowest BCUT2D eigenvalue weighted by Crippen LogP contribution is -2.15. The number of fused-ring (bicyclic) bond motifs is 1. The van der Waals surface area contributed by atoms with Crippen LogP contribution in [0.5, 0.6) is 0 Å². The first-order chi connectivity index (χ1) is 16.5. The molecule has 0 N–H and O–H groups in total. The molecule has 2 fully saturated rings. The molecule has 1 saturated heterocycles. The van der Waals surface area contributed by atoms with Crippen LogP contribution < -0.4 is 0 Å². The number of Topliss-reactive ketones (excluding diaryl/α,β-unsaturated/α-hetero) is 1. The molecule has 0 unspecified atom stereocenters. The zero-order valence-electron chi connectivity index (χ0n) is 18.6. The van der Waals surface area contributed by atoms with E-state index in [1.807, 2.05) is 16.7 Å². The summed E-state index contributed by atoms with van der Waals surface area (Å²) in [4.78, 5) is 17.5. The van der Waals surface area contributed by atoms with Crippen molar-refractivity contribution >= 4 is 44.3 Å². The Morgan fingerprint density at radius 2 is 2.06 bits per heavy atom. The first-order valence-electron chi connectivity index (χ1n) is 11.4. The highest BCUT2D eigenvalue weighted by molar-refractivity contribution is 9.10. The predicted octanol–water partition coefficient (Wildman–Crippen LogP) is 5.55. The third kappa shape index (κ3) is 5.36. The molecule has 1 aromatic heterocycles. The number of ketones is 1. The van der Waals surface area contributed by atoms with Crippen LogP contribution in [0.4, 0.5) is 4.39 Å². The Labute approximate surface area is 210 Å². The maximum absolute atomic E-state index is 15.8. The Balaban J connectivity index is 1.48. The molecule has 9 heteroatoms. The van der Waals surface area contributed by atoms with Crippen molar-refractivity contribution in [3.05, 3.63) is 62.6 Å². The standard InChI is InChI=1S/C25H25BrClFN2O4/c26-17-4-3-16(20(27)10-17)9-19-18(22(31)13-32-12-15-1-2-15)11-21-25(24(19)28)29-14-30(21)6-5-23-33-7-8-34-23/h3-4,10-11,14-15,23H,1-2,5-9,12-13H2. The summed E-state index contributed by atoms with van der Waals surface area (Å²) in [5.74, 6) is -0.219. The van der Waals surface area contributed by atoms with E-state index in [4.69, 9.17) is 25.8 Å². The SMILES string of the molecule is O=C(COCC1CC1)c1cc2c(ncn2CCC2OCCO2)c(F)c1Cc1ccc(Br)cc1Cl. The number of aryl methyl sites for hydroxylation is 1. The molecule has 3 aromatic rings. The van der Waals surface area contributed by atoms with Crippen LogP contribution in [0.3, 0.4) is 0 Å². The van der Waals surface area contributed by atoms with Crippen LogP contribution in [0.2, 0.25) is 5.02 Å². The van der Waals surface area contributed by atoms with Gasteiger partial charge in [0.05, 0.1) is 31.7 Å². The fourth-order valence-corrected chi connectivity index (χ4v) is 4.89. The van der Waals surface area contributed by atoms with Gasteiger partial charge in [0.2, 0.25) is 0 Å². The highest BCUT2D eigenvalue weighted by Gasteiger charge is 2.25. The summed E-state index contributed by atoms with van der Waals surface area (Å²) >= 11 is 9.80. The van der Waals surface area contributed by atoms with E-state index in [1.165, 1.54) is 0 Å². The minimum atomic E-state index is -0.505. The Hall–Kier alpha value is -1.84. The molecule has 0 amide bonds. The number of rotatable bonds is 10. The molecule has 1 aliphatic carbocycles. The van der Waals surface area contributed by atoms with E-state index in [2.05, 4.69) is 20.9 Å². The molecule has 0 radical (unpaired) electrons. The number of aromatic nitrogens is 2. The lowest BCUT2D eigenvalue weighted by molar-refractivity contribution is -0.0489. The van der Waals surface area contributed by atoms with Crippen molar-refractivity contribution in [2.24, 2.45) is 5.92 Å². The molecule has 5 rings (SSSR count). The quantitative estimate of drug-likeness (QED) is 0.309. The van der Waals surface area contributed by atoms with Gasteiger partial charge >= 0.3 is 0 Å². The molecule has 180 valence electrons. The van der Waals surface area contributed by atoms with Crippen molar-refractivity contribution in [3.8, 4) is 0 Å². The van der Waals surface area contributed by atoms with Gasteiger partial charge < -0.3 is 18.8 Å². The number of carbonyl (C=O) groups is 1. The second kappa shape index (κ2) is 10.4. The van der Waals surface area contributed by atoms with Crippen molar-refractivity contribution in [3.63, 3.8) is 0 Å². The molecular weight excluding hydrogens is 527 g/mol. The molecule has 2 aromatic carbocycles. The van der Waals surface area contributed by atoms with Crippen LogP contribution in [0, 0.1) is 11.7 Å². The van der Waals surface area contributed by atoms with E-state index in [-0.39, 0.29) is 36.2 Å². The van der Waals surface area contributed by atoms with E-state index >= 15 is 4.39 Å². The smallest absolute Gasteiger partial charge is 0.188 e. The largest absolute Gasteiger partial charge is 0.373 e. The van der Waals surface area contributed by atoms with Gasteiger partial charge in [-0.2, -0.15) is 0 Å². The van der Waals surface area contributed by atoms with Gasteiger partial charge in [-0.15, -0.1) is 0 Å². The molecule has 0 spiro atoms. The third-order valence-corrected chi connectivity index (χ3v) is 7.07. The summed E-state index contributed by atoms with van der Waals surface area (Å²) in [6.07, 6.45) is 4.37. The zero-order chi connectivity index (χ0) is 23.7. The number of halogens is 3. The first kappa shape index (κ1) is 23.9. The summed E-state index contributed by atoms with van der Waals surface area (Å²) < 4.78 is 35.1. The monoisotopic (exact) mass is 550 g/mol. The molecule has 34 heavy (non-hydrogen) atoms. The van der Waals surface area contributed by atoms with Gasteiger partial charge in [0.1, 0.15) is 12.1 Å². The Morgan fingerprint density at radius 1 is 1.26 bits per heavy atom. The van der Waals surface area contributed by atoms with Crippen LogP contribution in [-0.2, 0) is 27.2 Å². The molecule has 0 bridgehead atoms. The van der Waals surface area contributed by atoms with E-state index in [9.17, 15) is 4.79 Å². The van der Waals surface area contributed by atoms with E-state index in [1.54, 1.807) is 18.5 Å². The van der Waals surface area contributed by atoms with Gasteiger partial charge in [-0.05, 0) is 42.5 Å². The Kier molecular flexibility index (Phi) is 7.32. The van der Waals surface area contributed by atoms with Crippen LogP contribution >= 0.6 is 27.5 Å². The van der Waals surface area contributed by atoms with Crippen molar-refractivity contribution in [2.75, 3.05) is 26.4 Å². The van der Waals surface area contributed by atoms with Crippen molar-refractivity contribution in [1.29, 1.82) is 0 Å². The minimum absolute atomic E-state index is 0.0829. The second-order valence-electron chi connectivity index (χ2n) is 8.78. The summed E-state index contributed by atoms with van der Waals surface area (Å²) in [5, 5.41) is 0.499. The summed E-state index contributed by atoms with van der Waals surface area (Å²) in [6, 6.07) is 7.16. The topological polar surface area (TPSA) is 62.6 Å². The third-order valence-electron chi connectivity index (χ3n) is 6.22. The minimum Gasteiger partial charge on any atom is -0.373 e. The Bertz CT molecular complexity index is 1210. The number of ether oxygens (including phenoxy) is 3. The predicted molar refractivity (Wildman–Crippen MR) is 130 cm³/mol.